The fourth-order valence-corrected chi connectivity index (χ4v) is 4.56. The molecule has 6 nitrogen and oxygen atoms in total. The number of benzene rings is 2. The fourth-order valence-electron chi connectivity index (χ4n) is 3.00. The quantitative estimate of drug-likeness (QED) is 0.215. The average molecular weight is 522 g/mol. The largest absolute Gasteiger partial charge is 0.293 e. The molecule has 0 aliphatic carbocycles. The summed E-state index contributed by atoms with van der Waals surface area (Å²) in [6, 6.07) is 13.6. The van der Waals surface area contributed by atoms with Crippen LogP contribution in [0.25, 0.3) is 6.08 Å². The molecule has 1 aliphatic heterocycles. The Morgan fingerprint density at radius 2 is 1.58 bits per heavy atom. The summed E-state index contributed by atoms with van der Waals surface area (Å²) < 4.78 is 0.530. The van der Waals surface area contributed by atoms with Gasteiger partial charge in [0.15, 0.2) is 0 Å². The zero-order valence-electron chi connectivity index (χ0n) is 17.5. The number of unbranched alkanes of at least 4 members (excludes halogenated alkanes) is 2. The molecule has 172 valence electrons. The SMILES string of the molecule is O=C(CCCCCN1C(=O)/C(=C/c2ccc(Cl)cc2)SC1=S)NNC(=O)c1ccc(Cl)cc1. The number of rotatable bonds is 8. The topological polar surface area (TPSA) is 78.5 Å². The standard InChI is InChI=1S/C23H21Cl2N3O3S2/c24-17-9-5-15(6-10-17)14-19-22(31)28(23(32)33-19)13-3-1-2-4-20(29)26-27-21(30)16-7-11-18(25)12-8-16/h5-12,14H,1-4,13H2,(H,26,29)(H,27,30)/b19-14-. The number of hydrazine groups is 1. The third-order valence-electron chi connectivity index (χ3n) is 4.75. The Hall–Kier alpha value is -2.39. The maximum Gasteiger partial charge on any atom is 0.269 e. The molecular weight excluding hydrogens is 501 g/mol. The molecule has 33 heavy (non-hydrogen) atoms. The van der Waals surface area contributed by atoms with Gasteiger partial charge in [-0.05, 0) is 60.9 Å². The van der Waals surface area contributed by atoms with Crippen LogP contribution in [-0.2, 0) is 9.59 Å². The second-order valence-electron chi connectivity index (χ2n) is 7.20. The summed E-state index contributed by atoms with van der Waals surface area (Å²) in [6.45, 7) is 0.498. The van der Waals surface area contributed by atoms with E-state index in [-0.39, 0.29) is 18.2 Å². The monoisotopic (exact) mass is 521 g/mol. The summed E-state index contributed by atoms with van der Waals surface area (Å²) in [6.07, 6.45) is 4.14. The summed E-state index contributed by atoms with van der Waals surface area (Å²) in [4.78, 5) is 38.7. The highest BCUT2D eigenvalue weighted by Gasteiger charge is 2.31. The van der Waals surface area contributed by atoms with E-state index in [4.69, 9.17) is 35.4 Å². The number of halogens is 2. The third-order valence-corrected chi connectivity index (χ3v) is 6.63. The number of nitrogens with zero attached hydrogens (tertiary/aromatic N) is 1. The predicted molar refractivity (Wildman–Crippen MR) is 137 cm³/mol. The number of hydrogen-bond acceptors (Lipinski definition) is 5. The zero-order chi connectivity index (χ0) is 23.8. The maximum atomic E-state index is 12.7. The van der Waals surface area contributed by atoms with Gasteiger partial charge in [0.1, 0.15) is 4.32 Å². The van der Waals surface area contributed by atoms with Gasteiger partial charge in [-0.1, -0.05) is 65.7 Å². The second-order valence-corrected chi connectivity index (χ2v) is 9.75. The summed E-state index contributed by atoms with van der Waals surface area (Å²) in [7, 11) is 0. The first-order valence-electron chi connectivity index (χ1n) is 10.2. The Labute approximate surface area is 211 Å². The van der Waals surface area contributed by atoms with Crippen LogP contribution >= 0.6 is 47.2 Å². The van der Waals surface area contributed by atoms with E-state index in [1.807, 2.05) is 12.1 Å². The molecule has 0 saturated carbocycles. The number of carbonyl (C=O) groups is 3. The van der Waals surface area contributed by atoms with Crippen LogP contribution in [-0.4, -0.2) is 33.5 Å². The van der Waals surface area contributed by atoms with Gasteiger partial charge in [-0.2, -0.15) is 0 Å². The Bertz CT molecular complexity index is 1070. The number of thioether (sulfide) groups is 1. The van der Waals surface area contributed by atoms with E-state index in [0.29, 0.717) is 44.2 Å². The highest BCUT2D eigenvalue weighted by atomic mass is 35.5. The van der Waals surface area contributed by atoms with Crippen LogP contribution in [0, 0.1) is 0 Å². The van der Waals surface area contributed by atoms with E-state index >= 15 is 0 Å². The van der Waals surface area contributed by atoms with E-state index in [1.165, 1.54) is 11.8 Å². The predicted octanol–water partition coefficient (Wildman–Crippen LogP) is 5.22. The average Bonchev–Trinajstić information content (AvgIpc) is 3.06. The van der Waals surface area contributed by atoms with E-state index in [2.05, 4.69) is 10.9 Å². The van der Waals surface area contributed by atoms with Crippen molar-refractivity contribution in [1.29, 1.82) is 0 Å². The lowest BCUT2D eigenvalue weighted by atomic mass is 10.2. The number of nitrogens with one attached hydrogen (secondary N) is 2. The van der Waals surface area contributed by atoms with Gasteiger partial charge in [0.2, 0.25) is 5.91 Å². The maximum absolute atomic E-state index is 12.7. The lowest BCUT2D eigenvalue weighted by molar-refractivity contribution is -0.123. The Kier molecular flexibility index (Phi) is 9.31. The van der Waals surface area contributed by atoms with Gasteiger partial charge < -0.3 is 0 Å². The molecule has 0 unspecified atom stereocenters. The summed E-state index contributed by atoms with van der Waals surface area (Å²) in [5.41, 5.74) is 6.05. The molecular formula is C23H21Cl2N3O3S2. The van der Waals surface area contributed by atoms with Gasteiger partial charge in [-0.25, -0.2) is 0 Å². The van der Waals surface area contributed by atoms with E-state index in [0.717, 1.165) is 12.0 Å². The molecule has 0 bridgehead atoms. The summed E-state index contributed by atoms with van der Waals surface area (Å²) in [5.74, 6) is -0.808. The van der Waals surface area contributed by atoms with E-state index < -0.39 is 5.91 Å². The second kappa shape index (κ2) is 12.2. The molecule has 2 aromatic rings. The fraction of sp³-hybridized carbons (Fsp3) is 0.217. The van der Waals surface area contributed by atoms with Crippen molar-refractivity contribution < 1.29 is 14.4 Å². The molecule has 0 aromatic heterocycles. The minimum Gasteiger partial charge on any atom is -0.293 e. The lowest BCUT2D eigenvalue weighted by Gasteiger charge is -2.14. The summed E-state index contributed by atoms with van der Waals surface area (Å²) in [5, 5.41) is 1.16. The van der Waals surface area contributed by atoms with Gasteiger partial charge in [0, 0.05) is 28.6 Å². The number of amides is 3. The minimum atomic E-state index is -0.416. The van der Waals surface area contributed by atoms with E-state index in [9.17, 15) is 14.4 Å². The van der Waals surface area contributed by atoms with Crippen molar-refractivity contribution in [2.45, 2.75) is 25.7 Å². The molecule has 1 fully saturated rings. The molecule has 10 heteroatoms. The Morgan fingerprint density at radius 1 is 0.939 bits per heavy atom. The van der Waals surface area contributed by atoms with Crippen molar-refractivity contribution in [1.82, 2.24) is 15.8 Å². The number of hydrogen-bond donors (Lipinski definition) is 2. The molecule has 0 atom stereocenters. The highest BCUT2D eigenvalue weighted by molar-refractivity contribution is 8.26. The van der Waals surface area contributed by atoms with Crippen LogP contribution in [0.3, 0.4) is 0 Å². The lowest BCUT2D eigenvalue weighted by Crippen LogP contribution is -2.41. The first kappa shape index (κ1) is 25.2. The van der Waals surface area contributed by atoms with Crippen molar-refractivity contribution >= 4 is 75.3 Å². The first-order chi connectivity index (χ1) is 15.8. The van der Waals surface area contributed by atoms with E-state index in [1.54, 1.807) is 47.4 Å². The van der Waals surface area contributed by atoms with Crippen LogP contribution in [0.1, 0.15) is 41.6 Å². The zero-order valence-corrected chi connectivity index (χ0v) is 20.6. The van der Waals surface area contributed by atoms with Gasteiger partial charge >= 0.3 is 0 Å². The third kappa shape index (κ3) is 7.57. The molecule has 2 N–H and O–H groups in total. The van der Waals surface area contributed by atoms with Crippen molar-refractivity contribution in [3.8, 4) is 0 Å². The number of carbonyl (C=O) groups excluding carboxylic acids is 3. The van der Waals surface area contributed by atoms with Gasteiger partial charge in [-0.3, -0.25) is 30.1 Å². The molecule has 1 aliphatic rings. The van der Waals surface area contributed by atoms with Crippen LogP contribution in [0.15, 0.2) is 53.4 Å². The first-order valence-corrected chi connectivity index (χ1v) is 12.2. The molecule has 0 radical (unpaired) electrons. The van der Waals surface area contributed by atoms with Gasteiger partial charge in [-0.15, -0.1) is 0 Å². The molecule has 1 heterocycles. The van der Waals surface area contributed by atoms with Crippen LogP contribution < -0.4 is 10.9 Å². The van der Waals surface area contributed by atoms with Crippen molar-refractivity contribution in [3.05, 3.63) is 74.6 Å². The Morgan fingerprint density at radius 3 is 2.24 bits per heavy atom. The van der Waals surface area contributed by atoms with Crippen LogP contribution in [0.2, 0.25) is 10.0 Å². The van der Waals surface area contributed by atoms with Crippen LogP contribution in [0.4, 0.5) is 0 Å². The minimum absolute atomic E-state index is 0.109. The van der Waals surface area contributed by atoms with Crippen molar-refractivity contribution in [2.24, 2.45) is 0 Å². The molecule has 0 spiro atoms. The van der Waals surface area contributed by atoms with Crippen molar-refractivity contribution in [3.63, 3.8) is 0 Å². The van der Waals surface area contributed by atoms with Gasteiger partial charge in [0.25, 0.3) is 11.8 Å². The summed E-state index contributed by atoms with van der Waals surface area (Å²) >= 11 is 18.3. The number of thiocarbonyl (C=S) groups is 1. The molecule has 3 amide bonds. The normalized spacial score (nSPS) is 14.6. The van der Waals surface area contributed by atoms with Crippen molar-refractivity contribution in [2.75, 3.05) is 6.54 Å². The van der Waals surface area contributed by atoms with Gasteiger partial charge in [0.05, 0.1) is 4.91 Å². The molecule has 1 saturated heterocycles. The molecule has 2 aromatic carbocycles. The Balaban J connectivity index is 1.35. The molecule has 3 rings (SSSR count). The highest BCUT2D eigenvalue weighted by Crippen LogP contribution is 2.33. The van der Waals surface area contributed by atoms with Crippen LogP contribution in [0.5, 0.6) is 0 Å². The smallest absolute Gasteiger partial charge is 0.269 e.